The number of hydrogen-bond donors (Lipinski definition) is 1. The molecule has 1 saturated heterocycles. The van der Waals surface area contributed by atoms with Gasteiger partial charge in [0.05, 0.1) is 6.04 Å². The van der Waals surface area contributed by atoms with Crippen LogP contribution in [0.2, 0.25) is 0 Å². The number of para-hydroxylation sites is 1. The van der Waals surface area contributed by atoms with Gasteiger partial charge in [0, 0.05) is 12.2 Å². The molecule has 0 spiro atoms. The highest BCUT2D eigenvalue weighted by atomic mass is 16.2. The third-order valence-corrected chi connectivity index (χ3v) is 4.05. The minimum Gasteiger partial charge on any atom is -0.311 e. The van der Waals surface area contributed by atoms with Crippen molar-refractivity contribution in [3.05, 3.63) is 29.3 Å². The summed E-state index contributed by atoms with van der Waals surface area (Å²) in [6.45, 7) is 8.15. The van der Waals surface area contributed by atoms with Gasteiger partial charge in [0.1, 0.15) is 0 Å². The van der Waals surface area contributed by atoms with E-state index in [9.17, 15) is 4.79 Å². The summed E-state index contributed by atoms with van der Waals surface area (Å²) in [7, 11) is 0. The Bertz CT molecular complexity index is 470. The van der Waals surface area contributed by atoms with Crippen molar-refractivity contribution in [2.45, 2.75) is 52.5 Å². The van der Waals surface area contributed by atoms with Gasteiger partial charge in [0.25, 0.3) is 0 Å². The molecule has 1 amide bonds. The van der Waals surface area contributed by atoms with E-state index >= 15 is 0 Å². The lowest BCUT2D eigenvalue weighted by molar-refractivity contribution is -0.121. The minimum atomic E-state index is -0.00647. The second-order valence-corrected chi connectivity index (χ2v) is 5.58. The smallest absolute Gasteiger partial charge is 0.244 e. The number of carbonyl (C=O) groups excluding carboxylic acids is 1. The van der Waals surface area contributed by atoms with Crippen LogP contribution in [0.4, 0.5) is 5.69 Å². The molecule has 0 bridgehead atoms. The van der Waals surface area contributed by atoms with Crippen LogP contribution in [0.1, 0.15) is 44.2 Å². The average molecular weight is 274 g/mol. The topological polar surface area (TPSA) is 32.3 Å². The average Bonchev–Trinajstić information content (AvgIpc) is 2.46. The van der Waals surface area contributed by atoms with Gasteiger partial charge in [-0.15, -0.1) is 0 Å². The van der Waals surface area contributed by atoms with Gasteiger partial charge in [-0.05, 0) is 50.3 Å². The predicted molar refractivity (Wildman–Crippen MR) is 84.2 cm³/mol. The number of piperidine rings is 1. The number of carbonyl (C=O) groups is 1. The van der Waals surface area contributed by atoms with Crippen molar-refractivity contribution in [1.82, 2.24) is 5.32 Å². The molecule has 1 aromatic rings. The van der Waals surface area contributed by atoms with E-state index in [1.807, 2.05) is 4.90 Å². The molecule has 1 atom stereocenters. The molecule has 0 aromatic heterocycles. The van der Waals surface area contributed by atoms with Crippen LogP contribution in [0.5, 0.6) is 0 Å². The fourth-order valence-electron chi connectivity index (χ4n) is 3.00. The van der Waals surface area contributed by atoms with Crippen LogP contribution >= 0.6 is 0 Å². The van der Waals surface area contributed by atoms with Gasteiger partial charge in [-0.1, -0.05) is 32.0 Å². The van der Waals surface area contributed by atoms with E-state index in [1.165, 1.54) is 11.1 Å². The SMILES string of the molecule is CCCNC1CCCN(c2c(C)cccc2CC)C1=O. The molecule has 20 heavy (non-hydrogen) atoms. The van der Waals surface area contributed by atoms with Crippen molar-refractivity contribution in [2.75, 3.05) is 18.0 Å². The number of aryl methyl sites for hydroxylation is 2. The lowest BCUT2D eigenvalue weighted by atomic mass is 9.99. The van der Waals surface area contributed by atoms with Gasteiger partial charge in [0.15, 0.2) is 0 Å². The van der Waals surface area contributed by atoms with Crippen molar-refractivity contribution in [2.24, 2.45) is 0 Å². The Kier molecular flexibility index (Phi) is 5.18. The third kappa shape index (κ3) is 3.04. The number of hydrogen-bond acceptors (Lipinski definition) is 2. The van der Waals surface area contributed by atoms with Crippen molar-refractivity contribution in [3.63, 3.8) is 0 Å². The molecule has 1 heterocycles. The highest BCUT2D eigenvalue weighted by Crippen LogP contribution is 2.29. The summed E-state index contributed by atoms with van der Waals surface area (Å²) in [6, 6.07) is 6.32. The number of benzene rings is 1. The van der Waals surface area contributed by atoms with Crippen LogP contribution in [0.15, 0.2) is 18.2 Å². The first-order valence-electron chi connectivity index (χ1n) is 7.82. The van der Waals surface area contributed by atoms with E-state index in [0.29, 0.717) is 0 Å². The summed E-state index contributed by atoms with van der Waals surface area (Å²) in [5, 5.41) is 3.39. The zero-order chi connectivity index (χ0) is 14.5. The molecule has 1 fully saturated rings. The predicted octanol–water partition coefficient (Wildman–Crippen LogP) is 3.05. The van der Waals surface area contributed by atoms with Gasteiger partial charge >= 0.3 is 0 Å². The van der Waals surface area contributed by atoms with E-state index in [0.717, 1.165) is 44.5 Å². The molecule has 1 unspecified atom stereocenters. The molecule has 3 nitrogen and oxygen atoms in total. The summed E-state index contributed by atoms with van der Waals surface area (Å²) in [6.07, 6.45) is 4.06. The highest BCUT2D eigenvalue weighted by molar-refractivity contribution is 5.99. The number of nitrogens with zero attached hydrogens (tertiary/aromatic N) is 1. The summed E-state index contributed by atoms with van der Waals surface area (Å²) < 4.78 is 0. The van der Waals surface area contributed by atoms with E-state index in [1.54, 1.807) is 0 Å². The van der Waals surface area contributed by atoms with Crippen molar-refractivity contribution >= 4 is 11.6 Å². The van der Waals surface area contributed by atoms with Crippen LogP contribution in [0, 0.1) is 6.92 Å². The molecule has 3 heteroatoms. The van der Waals surface area contributed by atoms with Crippen LogP contribution < -0.4 is 10.2 Å². The Hall–Kier alpha value is -1.35. The summed E-state index contributed by atoms with van der Waals surface area (Å²) in [4.78, 5) is 14.7. The quantitative estimate of drug-likeness (QED) is 0.895. The maximum absolute atomic E-state index is 12.7. The van der Waals surface area contributed by atoms with Crippen molar-refractivity contribution < 1.29 is 4.79 Å². The van der Waals surface area contributed by atoms with Crippen LogP contribution in [-0.4, -0.2) is 25.0 Å². The Labute approximate surface area is 122 Å². The molecule has 1 aromatic carbocycles. The van der Waals surface area contributed by atoms with Gasteiger partial charge in [-0.25, -0.2) is 0 Å². The first-order valence-corrected chi connectivity index (χ1v) is 7.82. The highest BCUT2D eigenvalue weighted by Gasteiger charge is 2.30. The molecule has 2 rings (SSSR count). The zero-order valence-corrected chi connectivity index (χ0v) is 12.9. The lowest BCUT2D eigenvalue weighted by Gasteiger charge is -2.35. The fraction of sp³-hybridized carbons (Fsp3) is 0.588. The van der Waals surface area contributed by atoms with E-state index < -0.39 is 0 Å². The fourth-order valence-corrected chi connectivity index (χ4v) is 3.00. The molecular formula is C17H26N2O. The Morgan fingerprint density at radius 2 is 2.15 bits per heavy atom. The number of rotatable bonds is 5. The number of amides is 1. The molecule has 110 valence electrons. The van der Waals surface area contributed by atoms with Crippen LogP contribution in [0.25, 0.3) is 0 Å². The standard InChI is InChI=1S/C17H26N2O/c1-4-11-18-15-10-7-12-19(17(15)20)16-13(3)8-6-9-14(16)5-2/h6,8-9,15,18H,4-5,7,10-12H2,1-3H3. The maximum atomic E-state index is 12.7. The Morgan fingerprint density at radius 3 is 2.85 bits per heavy atom. The maximum Gasteiger partial charge on any atom is 0.244 e. The van der Waals surface area contributed by atoms with Gasteiger partial charge < -0.3 is 10.2 Å². The minimum absolute atomic E-state index is 0.00647. The molecule has 0 saturated carbocycles. The number of anilines is 1. The Balaban J connectivity index is 2.25. The van der Waals surface area contributed by atoms with Crippen LogP contribution in [0.3, 0.4) is 0 Å². The molecule has 0 aliphatic carbocycles. The monoisotopic (exact) mass is 274 g/mol. The largest absolute Gasteiger partial charge is 0.311 e. The van der Waals surface area contributed by atoms with Gasteiger partial charge in [-0.2, -0.15) is 0 Å². The van der Waals surface area contributed by atoms with Gasteiger partial charge in [-0.3, -0.25) is 4.79 Å². The van der Waals surface area contributed by atoms with E-state index in [-0.39, 0.29) is 11.9 Å². The molecule has 0 radical (unpaired) electrons. The second kappa shape index (κ2) is 6.89. The van der Waals surface area contributed by atoms with Crippen molar-refractivity contribution in [1.29, 1.82) is 0 Å². The molecule has 1 aliphatic heterocycles. The summed E-state index contributed by atoms with van der Waals surface area (Å²) in [5.74, 6) is 0.244. The molecular weight excluding hydrogens is 248 g/mol. The van der Waals surface area contributed by atoms with E-state index in [4.69, 9.17) is 0 Å². The zero-order valence-electron chi connectivity index (χ0n) is 12.9. The van der Waals surface area contributed by atoms with E-state index in [2.05, 4.69) is 44.3 Å². The van der Waals surface area contributed by atoms with Gasteiger partial charge in [0.2, 0.25) is 5.91 Å². The summed E-state index contributed by atoms with van der Waals surface area (Å²) in [5.41, 5.74) is 3.62. The first-order chi connectivity index (χ1) is 9.69. The Morgan fingerprint density at radius 1 is 1.35 bits per heavy atom. The second-order valence-electron chi connectivity index (χ2n) is 5.58. The van der Waals surface area contributed by atoms with Crippen molar-refractivity contribution in [3.8, 4) is 0 Å². The normalized spacial score (nSPS) is 19.4. The first kappa shape index (κ1) is 15.0. The molecule has 1 aliphatic rings. The molecule has 1 N–H and O–H groups in total. The summed E-state index contributed by atoms with van der Waals surface area (Å²) >= 11 is 0. The number of nitrogens with one attached hydrogen (secondary N) is 1. The lowest BCUT2D eigenvalue weighted by Crippen LogP contribution is -2.51. The van der Waals surface area contributed by atoms with Crippen LogP contribution in [-0.2, 0) is 11.2 Å². The third-order valence-electron chi connectivity index (χ3n) is 4.05.